The van der Waals surface area contributed by atoms with Crippen LogP contribution in [0.1, 0.15) is 66.9 Å². The Morgan fingerprint density at radius 3 is 2.54 bits per heavy atom. The summed E-state index contributed by atoms with van der Waals surface area (Å²) < 4.78 is 6.78. The van der Waals surface area contributed by atoms with Crippen molar-refractivity contribution in [3.63, 3.8) is 0 Å². The monoisotopic (exact) mass is 564 g/mol. The Labute approximate surface area is 226 Å². The Balaban J connectivity index is 1.50. The molecule has 7 heteroatoms. The van der Waals surface area contributed by atoms with Gasteiger partial charge < -0.3 is 9.64 Å². The fourth-order valence-electron chi connectivity index (χ4n) is 5.05. The molecule has 0 aliphatic heterocycles. The van der Waals surface area contributed by atoms with Crippen molar-refractivity contribution < 1.29 is 14.5 Å². The predicted octanol–water partition coefficient (Wildman–Crippen LogP) is 8.12. The molecule has 0 radical (unpaired) electrons. The number of hydrogen-bond acceptors (Lipinski definition) is 4. The molecular weight excluding hydrogens is 532 g/mol. The van der Waals surface area contributed by atoms with Crippen LogP contribution >= 0.6 is 15.9 Å². The number of para-hydroxylation sites is 1. The minimum Gasteiger partial charge on any atom is -0.456 e. The van der Waals surface area contributed by atoms with Crippen molar-refractivity contribution in [3.8, 4) is 11.5 Å². The number of carbonyl (C=O) groups is 1. The lowest BCUT2D eigenvalue weighted by Gasteiger charge is -2.34. The van der Waals surface area contributed by atoms with Crippen molar-refractivity contribution in [3.05, 3.63) is 98.0 Å². The first-order valence-corrected chi connectivity index (χ1v) is 13.8. The number of hydrogen-bond donors (Lipinski definition) is 0. The number of nitro groups is 1. The highest BCUT2D eigenvalue weighted by Gasteiger charge is 2.25. The summed E-state index contributed by atoms with van der Waals surface area (Å²) in [4.78, 5) is 26.9. The second kappa shape index (κ2) is 12.9. The Morgan fingerprint density at radius 2 is 1.81 bits per heavy atom. The molecule has 0 bridgehead atoms. The molecule has 0 unspecified atom stereocenters. The van der Waals surface area contributed by atoms with Gasteiger partial charge >= 0.3 is 0 Å². The van der Waals surface area contributed by atoms with Gasteiger partial charge in [0.1, 0.15) is 11.5 Å². The van der Waals surface area contributed by atoms with Gasteiger partial charge in [-0.25, -0.2) is 0 Å². The Kier molecular flexibility index (Phi) is 9.34. The Hall–Kier alpha value is -3.19. The lowest BCUT2D eigenvalue weighted by Crippen LogP contribution is -2.42. The van der Waals surface area contributed by atoms with Crippen molar-refractivity contribution in [2.45, 2.75) is 64.3 Å². The van der Waals surface area contributed by atoms with Crippen LogP contribution in [0.5, 0.6) is 11.5 Å². The van der Waals surface area contributed by atoms with Crippen LogP contribution in [0.2, 0.25) is 0 Å². The minimum absolute atomic E-state index is 0.0677. The van der Waals surface area contributed by atoms with Crippen LogP contribution in [0.15, 0.2) is 71.2 Å². The molecule has 1 amide bonds. The van der Waals surface area contributed by atoms with Gasteiger partial charge in [0.15, 0.2) is 0 Å². The molecule has 194 valence electrons. The third-order valence-corrected chi connectivity index (χ3v) is 7.57. The van der Waals surface area contributed by atoms with E-state index in [4.69, 9.17) is 4.74 Å². The molecular formula is C30H33BrN2O4. The van der Waals surface area contributed by atoms with E-state index < -0.39 is 0 Å². The first-order valence-electron chi connectivity index (χ1n) is 13.1. The smallest absolute Gasteiger partial charge is 0.272 e. The van der Waals surface area contributed by atoms with Crippen LogP contribution in [-0.2, 0) is 12.8 Å². The molecule has 1 saturated carbocycles. The van der Waals surface area contributed by atoms with Gasteiger partial charge in [0.2, 0.25) is 0 Å². The lowest BCUT2D eigenvalue weighted by atomic mass is 9.93. The van der Waals surface area contributed by atoms with E-state index in [1.54, 1.807) is 12.1 Å². The number of benzene rings is 3. The molecule has 4 rings (SSSR count). The second-order valence-corrected chi connectivity index (χ2v) is 10.4. The number of carbonyl (C=O) groups excluding carboxylic acids is 1. The summed E-state index contributed by atoms with van der Waals surface area (Å²) in [6, 6.07) is 20.4. The highest BCUT2D eigenvalue weighted by Crippen LogP contribution is 2.32. The third-order valence-electron chi connectivity index (χ3n) is 6.91. The summed E-state index contributed by atoms with van der Waals surface area (Å²) in [5.74, 6) is 1.27. The van der Waals surface area contributed by atoms with E-state index in [-0.39, 0.29) is 16.5 Å². The van der Waals surface area contributed by atoms with Crippen LogP contribution in [0, 0.1) is 10.1 Å². The van der Waals surface area contributed by atoms with Crippen LogP contribution in [0.4, 0.5) is 5.69 Å². The number of nitro benzene ring substituents is 1. The first-order chi connectivity index (χ1) is 18.0. The minimum atomic E-state index is -0.357. The molecule has 3 aromatic carbocycles. The van der Waals surface area contributed by atoms with Crippen molar-refractivity contribution in [1.82, 2.24) is 4.90 Å². The molecule has 6 nitrogen and oxygen atoms in total. The summed E-state index contributed by atoms with van der Waals surface area (Å²) in [5.41, 5.74) is 2.34. The summed E-state index contributed by atoms with van der Waals surface area (Å²) in [5, 5.41) is 11.7. The van der Waals surface area contributed by atoms with Crippen LogP contribution in [-0.4, -0.2) is 28.3 Å². The van der Waals surface area contributed by atoms with E-state index in [2.05, 4.69) is 27.8 Å². The fourth-order valence-corrected chi connectivity index (χ4v) is 5.41. The van der Waals surface area contributed by atoms with E-state index in [0.29, 0.717) is 41.5 Å². The molecule has 0 heterocycles. The molecule has 3 aromatic rings. The molecule has 0 saturated heterocycles. The maximum absolute atomic E-state index is 13.5. The SMILES string of the molecule is CCCN(C(=O)c1cccc(CCc2cc(Oc3ccccc3Br)ccc2[N+](=O)[O-])c1)C1CCCCC1. The van der Waals surface area contributed by atoms with E-state index in [1.807, 2.05) is 48.5 Å². The molecule has 0 aromatic heterocycles. The van der Waals surface area contributed by atoms with Crippen molar-refractivity contribution >= 4 is 27.5 Å². The van der Waals surface area contributed by atoms with Gasteiger partial charge in [0.25, 0.3) is 11.6 Å². The molecule has 0 N–H and O–H groups in total. The highest BCUT2D eigenvalue weighted by atomic mass is 79.9. The summed E-state index contributed by atoms with van der Waals surface area (Å²) >= 11 is 3.47. The molecule has 0 atom stereocenters. The predicted molar refractivity (Wildman–Crippen MR) is 149 cm³/mol. The zero-order chi connectivity index (χ0) is 26.2. The average molecular weight is 566 g/mol. The van der Waals surface area contributed by atoms with Gasteiger partial charge in [0.05, 0.1) is 9.40 Å². The number of halogens is 1. The number of aryl methyl sites for hydroxylation is 2. The van der Waals surface area contributed by atoms with Gasteiger partial charge in [-0.15, -0.1) is 0 Å². The number of rotatable bonds is 10. The van der Waals surface area contributed by atoms with Crippen molar-refractivity contribution in [2.24, 2.45) is 0 Å². The zero-order valence-corrected chi connectivity index (χ0v) is 22.8. The van der Waals surface area contributed by atoms with E-state index >= 15 is 0 Å². The molecule has 1 aliphatic rings. The van der Waals surface area contributed by atoms with Gasteiger partial charge in [-0.05, 0) is 90.0 Å². The summed E-state index contributed by atoms with van der Waals surface area (Å²) in [7, 11) is 0. The van der Waals surface area contributed by atoms with E-state index in [1.165, 1.54) is 25.3 Å². The van der Waals surface area contributed by atoms with Gasteiger partial charge in [-0.1, -0.05) is 50.5 Å². The Bertz CT molecular complexity index is 1240. The number of nitrogens with zero attached hydrogens (tertiary/aromatic N) is 2. The highest BCUT2D eigenvalue weighted by molar-refractivity contribution is 9.10. The van der Waals surface area contributed by atoms with Gasteiger partial charge in [-0.2, -0.15) is 0 Å². The normalized spacial score (nSPS) is 13.8. The van der Waals surface area contributed by atoms with E-state index in [9.17, 15) is 14.9 Å². The topological polar surface area (TPSA) is 72.7 Å². The Morgan fingerprint density at radius 1 is 1.03 bits per heavy atom. The quantitative estimate of drug-likeness (QED) is 0.184. The second-order valence-electron chi connectivity index (χ2n) is 9.57. The largest absolute Gasteiger partial charge is 0.456 e. The van der Waals surface area contributed by atoms with Gasteiger partial charge in [0, 0.05) is 29.8 Å². The standard InChI is InChI=1S/C30H33BrN2O4/c1-2-19-32(25-11-4-3-5-12-25)30(34)24-10-8-9-22(20-24)15-16-23-21-26(17-18-28(23)33(35)36)37-29-14-7-6-13-27(29)31/h6-10,13-14,17-18,20-21,25H,2-5,11-12,15-16,19H2,1H3. The lowest BCUT2D eigenvalue weighted by molar-refractivity contribution is -0.385. The van der Waals surface area contributed by atoms with Gasteiger partial charge in [-0.3, -0.25) is 14.9 Å². The number of ether oxygens (including phenoxy) is 1. The molecule has 1 aliphatic carbocycles. The fraction of sp³-hybridized carbons (Fsp3) is 0.367. The maximum Gasteiger partial charge on any atom is 0.272 e. The van der Waals surface area contributed by atoms with Crippen LogP contribution in [0.25, 0.3) is 0 Å². The molecule has 37 heavy (non-hydrogen) atoms. The summed E-state index contributed by atoms with van der Waals surface area (Å²) in [6.45, 7) is 2.88. The zero-order valence-electron chi connectivity index (χ0n) is 21.2. The maximum atomic E-state index is 13.5. The molecule has 1 fully saturated rings. The number of amides is 1. The average Bonchev–Trinajstić information content (AvgIpc) is 2.92. The first kappa shape index (κ1) is 26.9. The van der Waals surface area contributed by atoms with E-state index in [0.717, 1.165) is 35.8 Å². The van der Waals surface area contributed by atoms with Crippen LogP contribution in [0.3, 0.4) is 0 Å². The summed E-state index contributed by atoms with van der Waals surface area (Å²) in [6.07, 6.45) is 7.74. The van der Waals surface area contributed by atoms with Crippen LogP contribution < -0.4 is 4.74 Å². The van der Waals surface area contributed by atoms with Crippen molar-refractivity contribution in [1.29, 1.82) is 0 Å². The molecule has 0 spiro atoms. The third kappa shape index (κ3) is 6.98. The van der Waals surface area contributed by atoms with Crippen molar-refractivity contribution in [2.75, 3.05) is 6.54 Å².